The van der Waals surface area contributed by atoms with Gasteiger partial charge in [0.25, 0.3) is 5.91 Å². The maximum Gasteiger partial charge on any atom is 0.279 e. The first-order valence-electron chi connectivity index (χ1n) is 8.09. The molecule has 1 amide bonds. The Hall–Kier alpha value is -2.27. The topological polar surface area (TPSA) is 45.7 Å². The molecule has 3 N–H and O–H groups in total. The first-order valence-corrected chi connectivity index (χ1v) is 8.09. The standard InChI is InChI=1S/C19H22F2N2O/c1-4-14-7-5-6-12(2)19(14)23-18(24)11-22-13(3)15-8-9-16(20)17(21)10-15/h5-10,13,22H,4,11H2,1-3H3,(H,23,24)/p+1/t13-/m0/s1. The van der Waals surface area contributed by atoms with Crippen LogP contribution in [0.4, 0.5) is 14.5 Å². The van der Waals surface area contributed by atoms with Crippen LogP contribution >= 0.6 is 0 Å². The Morgan fingerprint density at radius 2 is 1.96 bits per heavy atom. The third kappa shape index (κ3) is 4.38. The Bertz CT molecular complexity index is 731. The second-order valence-corrected chi connectivity index (χ2v) is 5.91. The van der Waals surface area contributed by atoms with Gasteiger partial charge in [0.1, 0.15) is 6.04 Å². The molecule has 1 atom stereocenters. The number of aryl methyl sites for hydroxylation is 2. The lowest BCUT2D eigenvalue weighted by molar-refractivity contribution is -0.682. The van der Waals surface area contributed by atoms with Crippen LogP contribution in [-0.4, -0.2) is 12.5 Å². The first kappa shape index (κ1) is 18.1. The summed E-state index contributed by atoms with van der Waals surface area (Å²) in [5.41, 5.74) is 3.62. The minimum atomic E-state index is -0.871. The maximum absolute atomic E-state index is 13.3. The Morgan fingerprint density at radius 3 is 2.62 bits per heavy atom. The lowest BCUT2D eigenvalue weighted by atomic mass is 10.1. The molecule has 5 heteroatoms. The average Bonchev–Trinajstić information content (AvgIpc) is 2.57. The summed E-state index contributed by atoms with van der Waals surface area (Å²) < 4.78 is 26.3. The van der Waals surface area contributed by atoms with Gasteiger partial charge in [-0.05, 0) is 49.6 Å². The van der Waals surface area contributed by atoms with Crippen molar-refractivity contribution in [2.75, 3.05) is 11.9 Å². The predicted octanol–water partition coefficient (Wildman–Crippen LogP) is 3.10. The van der Waals surface area contributed by atoms with Crippen LogP contribution in [0.1, 0.15) is 36.6 Å². The second-order valence-electron chi connectivity index (χ2n) is 5.91. The molecule has 0 heterocycles. The molecule has 0 radical (unpaired) electrons. The number of nitrogens with two attached hydrogens (primary N) is 1. The second kappa shape index (κ2) is 8.02. The minimum Gasteiger partial charge on any atom is -0.333 e. The molecule has 0 saturated heterocycles. The van der Waals surface area contributed by atoms with E-state index in [4.69, 9.17) is 0 Å². The summed E-state index contributed by atoms with van der Waals surface area (Å²) in [6, 6.07) is 9.60. The van der Waals surface area contributed by atoms with E-state index in [0.29, 0.717) is 5.56 Å². The van der Waals surface area contributed by atoms with Crippen LogP contribution in [-0.2, 0) is 11.2 Å². The summed E-state index contributed by atoms with van der Waals surface area (Å²) in [6.45, 7) is 6.06. The van der Waals surface area contributed by atoms with E-state index >= 15 is 0 Å². The fourth-order valence-electron chi connectivity index (χ4n) is 2.61. The number of rotatable bonds is 6. The largest absolute Gasteiger partial charge is 0.333 e. The van der Waals surface area contributed by atoms with Crippen molar-refractivity contribution in [3.8, 4) is 0 Å². The number of benzene rings is 2. The molecule has 0 aliphatic heterocycles. The Morgan fingerprint density at radius 1 is 1.21 bits per heavy atom. The highest BCUT2D eigenvalue weighted by molar-refractivity contribution is 5.93. The number of para-hydroxylation sites is 1. The summed E-state index contributed by atoms with van der Waals surface area (Å²) in [4.78, 5) is 12.2. The zero-order chi connectivity index (χ0) is 17.7. The van der Waals surface area contributed by atoms with Crippen LogP contribution in [0, 0.1) is 18.6 Å². The van der Waals surface area contributed by atoms with Gasteiger partial charge in [0.05, 0.1) is 0 Å². The third-order valence-electron chi connectivity index (χ3n) is 4.13. The quantitative estimate of drug-likeness (QED) is 0.838. The van der Waals surface area contributed by atoms with Crippen molar-refractivity contribution in [1.82, 2.24) is 0 Å². The molecule has 2 rings (SSSR count). The summed E-state index contributed by atoms with van der Waals surface area (Å²) in [7, 11) is 0. The van der Waals surface area contributed by atoms with Gasteiger partial charge in [-0.1, -0.05) is 25.1 Å². The molecule has 0 aliphatic rings. The number of carbonyl (C=O) groups excluding carboxylic acids is 1. The Balaban J connectivity index is 1.97. The van der Waals surface area contributed by atoms with Gasteiger partial charge in [-0.25, -0.2) is 8.78 Å². The number of anilines is 1. The molecule has 0 saturated carbocycles. The number of hydrogen-bond donors (Lipinski definition) is 2. The number of nitrogens with one attached hydrogen (secondary N) is 1. The number of hydrogen-bond acceptors (Lipinski definition) is 1. The summed E-state index contributed by atoms with van der Waals surface area (Å²) in [5.74, 6) is -1.85. The normalized spacial score (nSPS) is 12.0. The van der Waals surface area contributed by atoms with E-state index in [1.54, 1.807) is 5.32 Å². The highest BCUT2D eigenvalue weighted by atomic mass is 19.2. The van der Waals surface area contributed by atoms with Crippen molar-refractivity contribution >= 4 is 11.6 Å². The van der Waals surface area contributed by atoms with E-state index in [1.807, 2.05) is 39.0 Å². The highest BCUT2D eigenvalue weighted by Crippen LogP contribution is 2.20. The zero-order valence-electron chi connectivity index (χ0n) is 14.2. The summed E-state index contributed by atoms with van der Waals surface area (Å²) in [5, 5.41) is 4.75. The molecule has 24 heavy (non-hydrogen) atoms. The monoisotopic (exact) mass is 333 g/mol. The van der Waals surface area contributed by atoms with E-state index < -0.39 is 11.6 Å². The SMILES string of the molecule is CCc1cccc(C)c1NC(=O)C[NH2+][C@@H](C)c1ccc(F)c(F)c1. The lowest BCUT2D eigenvalue weighted by Gasteiger charge is -2.14. The molecule has 2 aromatic carbocycles. The minimum absolute atomic E-state index is 0.117. The molecule has 0 aromatic heterocycles. The lowest BCUT2D eigenvalue weighted by Crippen LogP contribution is -2.86. The Kier molecular flexibility index (Phi) is 6.04. The highest BCUT2D eigenvalue weighted by Gasteiger charge is 2.15. The van der Waals surface area contributed by atoms with Gasteiger partial charge in [-0.15, -0.1) is 0 Å². The molecule has 0 unspecified atom stereocenters. The van der Waals surface area contributed by atoms with E-state index in [0.717, 1.165) is 29.3 Å². The first-order chi connectivity index (χ1) is 11.4. The molecule has 0 fully saturated rings. The maximum atomic E-state index is 13.3. The van der Waals surface area contributed by atoms with Crippen molar-refractivity contribution in [3.05, 3.63) is 64.7 Å². The molecule has 2 aromatic rings. The van der Waals surface area contributed by atoms with Gasteiger partial charge < -0.3 is 10.6 Å². The fourth-order valence-corrected chi connectivity index (χ4v) is 2.61. The van der Waals surface area contributed by atoms with Crippen LogP contribution in [0.2, 0.25) is 0 Å². The van der Waals surface area contributed by atoms with Crippen molar-refractivity contribution in [1.29, 1.82) is 0 Å². The molecular weight excluding hydrogens is 310 g/mol. The van der Waals surface area contributed by atoms with E-state index in [-0.39, 0.29) is 18.5 Å². The summed E-state index contributed by atoms with van der Waals surface area (Å²) >= 11 is 0. The number of quaternary nitrogens is 1. The predicted molar refractivity (Wildman–Crippen MR) is 90.8 cm³/mol. The molecule has 128 valence electrons. The molecule has 3 nitrogen and oxygen atoms in total. The van der Waals surface area contributed by atoms with E-state index in [1.165, 1.54) is 12.1 Å². The van der Waals surface area contributed by atoms with E-state index in [2.05, 4.69) is 5.32 Å². The fraction of sp³-hybridized carbons (Fsp3) is 0.316. The summed E-state index contributed by atoms with van der Waals surface area (Å²) in [6.07, 6.45) is 0.840. The third-order valence-corrected chi connectivity index (χ3v) is 4.13. The zero-order valence-corrected chi connectivity index (χ0v) is 14.2. The Labute approximate surface area is 141 Å². The van der Waals surface area contributed by atoms with Crippen LogP contribution in [0.25, 0.3) is 0 Å². The van der Waals surface area contributed by atoms with Gasteiger partial charge >= 0.3 is 0 Å². The van der Waals surface area contributed by atoms with Crippen LogP contribution < -0.4 is 10.6 Å². The van der Waals surface area contributed by atoms with E-state index in [9.17, 15) is 13.6 Å². The number of carbonyl (C=O) groups is 1. The van der Waals surface area contributed by atoms with Gasteiger partial charge in [0, 0.05) is 11.3 Å². The van der Waals surface area contributed by atoms with Gasteiger partial charge in [-0.3, -0.25) is 4.79 Å². The molecule has 0 bridgehead atoms. The average molecular weight is 333 g/mol. The number of amides is 1. The van der Waals surface area contributed by atoms with Gasteiger partial charge in [0.2, 0.25) is 0 Å². The van der Waals surface area contributed by atoms with Crippen LogP contribution in [0.3, 0.4) is 0 Å². The van der Waals surface area contributed by atoms with Gasteiger partial charge in [-0.2, -0.15) is 0 Å². The van der Waals surface area contributed by atoms with Gasteiger partial charge in [0.15, 0.2) is 18.2 Å². The van der Waals surface area contributed by atoms with Crippen molar-refractivity contribution in [2.24, 2.45) is 0 Å². The van der Waals surface area contributed by atoms with Crippen molar-refractivity contribution in [3.63, 3.8) is 0 Å². The number of halogens is 2. The molecule has 0 aliphatic carbocycles. The van der Waals surface area contributed by atoms with Crippen molar-refractivity contribution < 1.29 is 18.9 Å². The van der Waals surface area contributed by atoms with Crippen molar-refractivity contribution in [2.45, 2.75) is 33.2 Å². The van der Waals surface area contributed by atoms with Crippen LogP contribution in [0.5, 0.6) is 0 Å². The van der Waals surface area contributed by atoms with Crippen LogP contribution in [0.15, 0.2) is 36.4 Å². The molecular formula is C19H23F2N2O+. The smallest absolute Gasteiger partial charge is 0.279 e. The molecule has 0 spiro atoms.